The average Bonchev–Trinajstić information content (AvgIpc) is 2.50. The number of rotatable bonds is 3. The summed E-state index contributed by atoms with van der Waals surface area (Å²) in [4.78, 5) is 2.43. The maximum absolute atomic E-state index is 6.29. The van der Waals surface area contributed by atoms with Gasteiger partial charge < -0.3 is 15.4 Å². The van der Waals surface area contributed by atoms with Gasteiger partial charge in [0.2, 0.25) is 0 Å². The largest absolute Gasteiger partial charge is 0.488 e. The highest BCUT2D eigenvalue weighted by atomic mass is 16.5. The molecule has 3 rings (SSSR count). The molecule has 2 N–H and O–H groups in total. The molecule has 0 atom stereocenters. The molecule has 2 aliphatic rings. The molecular formula is C17H26N2O. The zero-order valence-electron chi connectivity index (χ0n) is 12.3. The highest BCUT2D eigenvalue weighted by molar-refractivity contribution is 5.58. The zero-order valence-corrected chi connectivity index (χ0v) is 12.3. The predicted octanol–water partition coefficient (Wildman–Crippen LogP) is 3.33. The summed E-state index contributed by atoms with van der Waals surface area (Å²) in [6.07, 6.45) is 8.98. The van der Waals surface area contributed by atoms with Crippen molar-refractivity contribution in [2.45, 2.75) is 57.1 Å². The van der Waals surface area contributed by atoms with E-state index in [1.54, 1.807) is 0 Å². The minimum Gasteiger partial charge on any atom is -0.488 e. The van der Waals surface area contributed by atoms with Crippen LogP contribution in [0.15, 0.2) is 24.3 Å². The molecule has 20 heavy (non-hydrogen) atoms. The van der Waals surface area contributed by atoms with Crippen molar-refractivity contribution in [2.75, 3.05) is 18.0 Å². The van der Waals surface area contributed by atoms with Crippen molar-refractivity contribution in [3.63, 3.8) is 0 Å². The minimum atomic E-state index is 0.373. The van der Waals surface area contributed by atoms with Crippen molar-refractivity contribution < 1.29 is 4.74 Å². The van der Waals surface area contributed by atoms with E-state index in [0.29, 0.717) is 12.1 Å². The third-order valence-corrected chi connectivity index (χ3v) is 4.59. The van der Waals surface area contributed by atoms with Crippen LogP contribution in [0.25, 0.3) is 0 Å². The van der Waals surface area contributed by atoms with Crippen LogP contribution in [-0.4, -0.2) is 25.2 Å². The van der Waals surface area contributed by atoms with E-state index in [-0.39, 0.29) is 0 Å². The molecule has 1 aromatic rings. The Kier molecular flexibility index (Phi) is 4.46. The molecule has 0 aromatic heterocycles. The summed E-state index contributed by atoms with van der Waals surface area (Å²) in [5.74, 6) is 1.06. The second-order valence-corrected chi connectivity index (χ2v) is 6.17. The van der Waals surface area contributed by atoms with Gasteiger partial charge in [-0.15, -0.1) is 0 Å². The van der Waals surface area contributed by atoms with Crippen molar-refractivity contribution in [3.05, 3.63) is 24.3 Å². The third kappa shape index (κ3) is 3.26. The average molecular weight is 274 g/mol. The van der Waals surface area contributed by atoms with Crippen LogP contribution in [-0.2, 0) is 0 Å². The van der Waals surface area contributed by atoms with Gasteiger partial charge in [-0.05, 0) is 50.7 Å². The number of benzene rings is 1. The van der Waals surface area contributed by atoms with Gasteiger partial charge in [-0.25, -0.2) is 0 Å². The van der Waals surface area contributed by atoms with Crippen LogP contribution in [0.2, 0.25) is 0 Å². The molecule has 0 amide bonds. The van der Waals surface area contributed by atoms with Gasteiger partial charge in [0, 0.05) is 19.1 Å². The van der Waals surface area contributed by atoms with Crippen molar-refractivity contribution >= 4 is 5.69 Å². The highest BCUT2D eigenvalue weighted by Crippen LogP contribution is 2.33. The van der Waals surface area contributed by atoms with Crippen molar-refractivity contribution in [1.29, 1.82) is 0 Å². The summed E-state index contributed by atoms with van der Waals surface area (Å²) in [6.45, 7) is 2.10. The summed E-state index contributed by atoms with van der Waals surface area (Å²) in [5.41, 5.74) is 7.26. The lowest BCUT2D eigenvalue weighted by molar-refractivity contribution is 0.155. The Labute approximate surface area is 122 Å². The van der Waals surface area contributed by atoms with E-state index in [1.807, 2.05) is 0 Å². The first kappa shape index (κ1) is 13.7. The van der Waals surface area contributed by atoms with Gasteiger partial charge >= 0.3 is 0 Å². The number of nitrogens with two attached hydrogens (primary N) is 1. The van der Waals surface area contributed by atoms with Crippen LogP contribution in [0.5, 0.6) is 5.75 Å². The maximum atomic E-state index is 6.29. The van der Waals surface area contributed by atoms with E-state index in [4.69, 9.17) is 10.5 Å². The molecule has 1 aliphatic heterocycles. The Balaban J connectivity index is 1.70. The van der Waals surface area contributed by atoms with Gasteiger partial charge in [-0.1, -0.05) is 18.6 Å². The molecule has 0 spiro atoms. The third-order valence-electron chi connectivity index (χ3n) is 4.59. The summed E-state index contributed by atoms with van der Waals surface area (Å²) in [5, 5.41) is 0. The van der Waals surface area contributed by atoms with Gasteiger partial charge in [0.05, 0.1) is 11.8 Å². The number of hydrogen-bond donors (Lipinski definition) is 1. The van der Waals surface area contributed by atoms with E-state index in [2.05, 4.69) is 29.2 Å². The van der Waals surface area contributed by atoms with Gasteiger partial charge in [0.1, 0.15) is 5.75 Å². The second kappa shape index (κ2) is 6.49. The molecule has 1 heterocycles. The highest BCUT2D eigenvalue weighted by Gasteiger charge is 2.21. The Hall–Kier alpha value is -1.22. The molecule has 1 saturated carbocycles. The smallest absolute Gasteiger partial charge is 0.143 e. The first-order valence-corrected chi connectivity index (χ1v) is 8.09. The molecule has 110 valence electrons. The summed E-state index contributed by atoms with van der Waals surface area (Å²) >= 11 is 0. The standard InChI is InChI=1S/C17H26N2O/c18-14-10-12-19(13-11-14)16-8-4-5-9-17(16)20-15-6-2-1-3-7-15/h4-5,8-9,14-15H,1-3,6-7,10-13,18H2. The molecule has 3 heteroatoms. The van der Waals surface area contributed by atoms with Crippen LogP contribution < -0.4 is 15.4 Å². The molecule has 1 aliphatic carbocycles. The number of hydrogen-bond acceptors (Lipinski definition) is 3. The summed E-state index contributed by atoms with van der Waals surface area (Å²) in [7, 11) is 0. The van der Waals surface area contributed by atoms with Crippen LogP contribution in [0, 0.1) is 0 Å². The normalized spacial score (nSPS) is 21.9. The maximum Gasteiger partial charge on any atom is 0.143 e. The quantitative estimate of drug-likeness (QED) is 0.919. The van der Waals surface area contributed by atoms with Crippen LogP contribution >= 0.6 is 0 Å². The monoisotopic (exact) mass is 274 g/mol. The lowest BCUT2D eigenvalue weighted by atomic mass is 9.98. The Bertz CT molecular complexity index is 421. The Morgan fingerprint density at radius 3 is 2.40 bits per heavy atom. The number of piperidine rings is 1. The fraction of sp³-hybridized carbons (Fsp3) is 0.647. The fourth-order valence-corrected chi connectivity index (χ4v) is 3.32. The predicted molar refractivity (Wildman–Crippen MR) is 83.4 cm³/mol. The van der Waals surface area contributed by atoms with Crippen LogP contribution in [0.4, 0.5) is 5.69 Å². The van der Waals surface area contributed by atoms with E-state index in [9.17, 15) is 0 Å². The van der Waals surface area contributed by atoms with Crippen molar-refractivity contribution in [2.24, 2.45) is 5.73 Å². The molecule has 1 aromatic carbocycles. The number of nitrogens with zero attached hydrogens (tertiary/aromatic N) is 1. The van der Waals surface area contributed by atoms with Gasteiger partial charge in [-0.3, -0.25) is 0 Å². The summed E-state index contributed by atoms with van der Waals surface area (Å²) < 4.78 is 6.29. The van der Waals surface area contributed by atoms with Crippen LogP contribution in [0.3, 0.4) is 0 Å². The first-order valence-electron chi connectivity index (χ1n) is 8.09. The summed E-state index contributed by atoms with van der Waals surface area (Å²) in [6, 6.07) is 8.88. The zero-order chi connectivity index (χ0) is 13.8. The molecule has 0 radical (unpaired) electrons. The van der Waals surface area contributed by atoms with E-state index < -0.39 is 0 Å². The second-order valence-electron chi connectivity index (χ2n) is 6.17. The lowest BCUT2D eigenvalue weighted by Crippen LogP contribution is -2.40. The number of ether oxygens (including phenoxy) is 1. The topological polar surface area (TPSA) is 38.5 Å². The lowest BCUT2D eigenvalue weighted by Gasteiger charge is -2.34. The van der Waals surface area contributed by atoms with Gasteiger partial charge in [0.25, 0.3) is 0 Å². The van der Waals surface area contributed by atoms with E-state index >= 15 is 0 Å². The molecule has 3 nitrogen and oxygen atoms in total. The number of para-hydroxylation sites is 2. The first-order chi connectivity index (χ1) is 9.83. The Morgan fingerprint density at radius 1 is 0.950 bits per heavy atom. The van der Waals surface area contributed by atoms with Crippen molar-refractivity contribution in [1.82, 2.24) is 0 Å². The molecule has 0 unspecified atom stereocenters. The van der Waals surface area contributed by atoms with E-state index in [1.165, 1.54) is 37.8 Å². The molecule has 1 saturated heterocycles. The van der Waals surface area contributed by atoms with Crippen molar-refractivity contribution in [3.8, 4) is 5.75 Å². The SMILES string of the molecule is NC1CCN(c2ccccc2OC2CCCCC2)CC1. The van der Waals surface area contributed by atoms with Crippen LogP contribution in [0.1, 0.15) is 44.9 Å². The molecule has 2 fully saturated rings. The fourth-order valence-electron chi connectivity index (χ4n) is 3.32. The Morgan fingerprint density at radius 2 is 1.65 bits per heavy atom. The van der Waals surface area contributed by atoms with Gasteiger partial charge in [0.15, 0.2) is 0 Å². The molecular weight excluding hydrogens is 248 g/mol. The number of anilines is 1. The van der Waals surface area contributed by atoms with Gasteiger partial charge in [-0.2, -0.15) is 0 Å². The minimum absolute atomic E-state index is 0.373. The molecule has 0 bridgehead atoms. The van der Waals surface area contributed by atoms with E-state index in [0.717, 1.165) is 31.7 Å².